The van der Waals surface area contributed by atoms with Crippen LogP contribution in [0.15, 0.2) is 24.3 Å². The first-order valence-electron chi connectivity index (χ1n) is 9.68. The quantitative estimate of drug-likeness (QED) is 0.473. The topological polar surface area (TPSA) is 66.4 Å². The van der Waals surface area contributed by atoms with Crippen LogP contribution < -0.4 is 5.32 Å². The van der Waals surface area contributed by atoms with E-state index in [1.165, 1.54) is 18.4 Å². The van der Waals surface area contributed by atoms with Crippen molar-refractivity contribution < 1.29 is 14.7 Å². The molecule has 2 N–H and O–H groups in total. The molecule has 4 heteroatoms. The van der Waals surface area contributed by atoms with Crippen molar-refractivity contribution in [3.05, 3.63) is 35.4 Å². The lowest BCUT2D eigenvalue weighted by Crippen LogP contribution is -2.22. The highest BCUT2D eigenvalue weighted by Crippen LogP contribution is 2.11. The highest BCUT2D eigenvalue weighted by Gasteiger charge is 2.02. The number of carboxylic acid groups (broad SMARTS) is 1. The van der Waals surface area contributed by atoms with E-state index in [4.69, 9.17) is 5.11 Å². The van der Waals surface area contributed by atoms with Crippen molar-refractivity contribution in [3.8, 4) is 0 Å². The van der Waals surface area contributed by atoms with E-state index in [0.29, 0.717) is 13.0 Å². The first-order chi connectivity index (χ1) is 12.1. The Bertz CT molecular complexity index is 496. The van der Waals surface area contributed by atoms with Crippen LogP contribution in [0, 0.1) is 0 Å². The second-order valence-electron chi connectivity index (χ2n) is 6.67. The maximum absolute atomic E-state index is 11.8. The summed E-state index contributed by atoms with van der Waals surface area (Å²) < 4.78 is 0. The fourth-order valence-electron chi connectivity index (χ4n) is 2.80. The van der Waals surface area contributed by atoms with Crippen LogP contribution in [0.25, 0.3) is 0 Å². The normalized spacial score (nSPS) is 10.6. The lowest BCUT2D eigenvalue weighted by atomic mass is 10.1. The Morgan fingerprint density at radius 1 is 0.800 bits per heavy atom. The molecule has 0 aromatic heterocycles. The third-order valence-electron chi connectivity index (χ3n) is 4.47. The van der Waals surface area contributed by atoms with Crippen molar-refractivity contribution >= 4 is 11.9 Å². The molecule has 25 heavy (non-hydrogen) atoms. The van der Waals surface area contributed by atoms with Gasteiger partial charge in [0.15, 0.2) is 0 Å². The molecule has 1 aromatic rings. The molecule has 1 rings (SSSR count). The first-order valence-corrected chi connectivity index (χ1v) is 9.68. The van der Waals surface area contributed by atoms with Gasteiger partial charge in [-0.25, -0.2) is 0 Å². The van der Waals surface area contributed by atoms with Crippen LogP contribution in [0.4, 0.5) is 0 Å². The predicted octanol–water partition coefficient (Wildman–Crippen LogP) is 4.85. The molecule has 0 fully saturated rings. The van der Waals surface area contributed by atoms with E-state index in [2.05, 4.69) is 36.5 Å². The van der Waals surface area contributed by atoms with Crippen LogP contribution in [-0.4, -0.2) is 17.0 Å². The Balaban J connectivity index is 1.93. The lowest BCUT2D eigenvalue weighted by molar-refractivity contribution is -0.137. The molecule has 1 amide bonds. The third-order valence-corrected chi connectivity index (χ3v) is 4.47. The van der Waals surface area contributed by atoms with Gasteiger partial charge in [0.1, 0.15) is 0 Å². The summed E-state index contributed by atoms with van der Waals surface area (Å²) in [5.41, 5.74) is 2.46. The number of carboxylic acids is 1. The number of aryl methyl sites for hydroxylation is 1. The molecule has 0 saturated heterocycles. The average molecular weight is 347 g/mol. The number of benzene rings is 1. The van der Waals surface area contributed by atoms with Gasteiger partial charge in [-0.05, 0) is 30.4 Å². The number of rotatable bonds is 14. The maximum atomic E-state index is 11.8. The van der Waals surface area contributed by atoms with Gasteiger partial charge < -0.3 is 10.4 Å². The SMILES string of the molecule is CCc1ccc(CNC(=O)CCCCCCCCCCC(=O)O)cc1. The fraction of sp³-hybridized carbons (Fsp3) is 0.619. The zero-order valence-electron chi connectivity index (χ0n) is 15.6. The highest BCUT2D eigenvalue weighted by molar-refractivity contribution is 5.75. The molecule has 0 heterocycles. The lowest BCUT2D eigenvalue weighted by Gasteiger charge is -2.06. The molecule has 4 nitrogen and oxygen atoms in total. The molecule has 0 aliphatic carbocycles. The number of hydrogen-bond acceptors (Lipinski definition) is 2. The minimum Gasteiger partial charge on any atom is -0.481 e. The van der Waals surface area contributed by atoms with E-state index < -0.39 is 5.97 Å². The molecular formula is C21H33NO3. The predicted molar refractivity (Wildman–Crippen MR) is 101 cm³/mol. The number of carbonyl (C=O) groups is 2. The monoisotopic (exact) mass is 347 g/mol. The molecule has 0 spiro atoms. The van der Waals surface area contributed by atoms with Gasteiger partial charge in [0.25, 0.3) is 0 Å². The summed E-state index contributed by atoms with van der Waals surface area (Å²) in [5.74, 6) is -0.565. The summed E-state index contributed by atoms with van der Waals surface area (Å²) in [6.07, 6.45) is 10.4. The smallest absolute Gasteiger partial charge is 0.303 e. The van der Waals surface area contributed by atoms with Gasteiger partial charge >= 0.3 is 5.97 Å². The molecule has 1 aromatic carbocycles. The molecular weight excluding hydrogens is 314 g/mol. The molecule has 0 radical (unpaired) electrons. The maximum Gasteiger partial charge on any atom is 0.303 e. The van der Waals surface area contributed by atoms with E-state index >= 15 is 0 Å². The number of unbranched alkanes of at least 4 members (excludes halogenated alkanes) is 7. The minimum atomic E-state index is -0.698. The van der Waals surface area contributed by atoms with E-state index in [1.807, 2.05) is 0 Å². The van der Waals surface area contributed by atoms with Gasteiger partial charge in [0.2, 0.25) is 5.91 Å². The van der Waals surface area contributed by atoms with E-state index in [1.54, 1.807) is 0 Å². The van der Waals surface area contributed by atoms with E-state index in [0.717, 1.165) is 50.5 Å². The van der Waals surface area contributed by atoms with Gasteiger partial charge in [-0.1, -0.05) is 69.7 Å². The summed E-state index contributed by atoms with van der Waals surface area (Å²) in [4.78, 5) is 22.2. The summed E-state index contributed by atoms with van der Waals surface area (Å²) in [7, 11) is 0. The van der Waals surface area contributed by atoms with Gasteiger partial charge in [0, 0.05) is 19.4 Å². The van der Waals surface area contributed by atoms with Gasteiger partial charge in [0.05, 0.1) is 0 Å². The third kappa shape index (κ3) is 11.4. The van der Waals surface area contributed by atoms with Crippen molar-refractivity contribution in [3.63, 3.8) is 0 Å². The average Bonchev–Trinajstić information content (AvgIpc) is 2.61. The zero-order chi connectivity index (χ0) is 18.3. The molecule has 0 unspecified atom stereocenters. The van der Waals surface area contributed by atoms with Crippen LogP contribution in [0.2, 0.25) is 0 Å². The molecule has 0 aliphatic rings. The van der Waals surface area contributed by atoms with Crippen LogP contribution in [0.3, 0.4) is 0 Å². The Morgan fingerprint density at radius 3 is 1.80 bits per heavy atom. The standard InChI is InChI=1S/C21H33NO3/c1-2-18-13-15-19(16-14-18)17-22-20(23)11-9-7-5-3-4-6-8-10-12-21(24)25/h13-16H,2-12,17H2,1H3,(H,22,23)(H,24,25). The van der Waals surface area contributed by atoms with E-state index in [-0.39, 0.29) is 12.3 Å². The second-order valence-corrected chi connectivity index (χ2v) is 6.67. The Labute approximate surface area is 152 Å². The van der Waals surface area contributed by atoms with Crippen LogP contribution in [0.1, 0.15) is 82.3 Å². The van der Waals surface area contributed by atoms with Crippen molar-refractivity contribution in [1.82, 2.24) is 5.32 Å². The second kappa shape index (κ2) is 13.5. The summed E-state index contributed by atoms with van der Waals surface area (Å²) in [6, 6.07) is 8.39. The largest absolute Gasteiger partial charge is 0.481 e. The number of amides is 1. The van der Waals surface area contributed by atoms with Gasteiger partial charge in [-0.15, -0.1) is 0 Å². The number of nitrogens with one attached hydrogen (secondary N) is 1. The van der Waals surface area contributed by atoms with Crippen molar-refractivity contribution in [2.45, 2.75) is 84.1 Å². The van der Waals surface area contributed by atoms with Crippen molar-refractivity contribution in [2.75, 3.05) is 0 Å². The molecule has 140 valence electrons. The van der Waals surface area contributed by atoms with Crippen molar-refractivity contribution in [1.29, 1.82) is 0 Å². The van der Waals surface area contributed by atoms with Crippen LogP contribution in [-0.2, 0) is 22.6 Å². The Kier molecular flexibility index (Phi) is 11.4. The molecule has 0 saturated carbocycles. The zero-order valence-corrected chi connectivity index (χ0v) is 15.6. The summed E-state index contributed by atoms with van der Waals surface area (Å²) >= 11 is 0. The molecule has 0 atom stereocenters. The summed E-state index contributed by atoms with van der Waals surface area (Å²) in [5, 5.41) is 11.5. The Hall–Kier alpha value is -1.84. The Morgan fingerprint density at radius 2 is 1.28 bits per heavy atom. The van der Waals surface area contributed by atoms with E-state index in [9.17, 15) is 9.59 Å². The highest BCUT2D eigenvalue weighted by atomic mass is 16.4. The summed E-state index contributed by atoms with van der Waals surface area (Å²) in [6.45, 7) is 2.75. The van der Waals surface area contributed by atoms with Crippen LogP contribution >= 0.6 is 0 Å². The molecule has 0 aliphatic heterocycles. The minimum absolute atomic E-state index is 0.133. The number of carbonyl (C=O) groups excluding carboxylic acids is 1. The fourth-order valence-corrected chi connectivity index (χ4v) is 2.80. The number of hydrogen-bond donors (Lipinski definition) is 2. The number of aliphatic carboxylic acids is 1. The van der Waals surface area contributed by atoms with Gasteiger partial charge in [-0.2, -0.15) is 0 Å². The van der Waals surface area contributed by atoms with Crippen LogP contribution in [0.5, 0.6) is 0 Å². The molecule has 0 bridgehead atoms. The van der Waals surface area contributed by atoms with Gasteiger partial charge in [-0.3, -0.25) is 9.59 Å². The van der Waals surface area contributed by atoms with Crippen molar-refractivity contribution in [2.24, 2.45) is 0 Å². The first kappa shape index (κ1) is 21.2.